The molecular formula is C10H11ClF2N5O3P. The minimum Gasteiger partial charge on any atom is -0.368 e. The number of hydrogen-bond acceptors (Lipinski definition) is 5. The molecule has 0 aliphatic rings. The lowest BCUT2D eigenvalue weighted by Crippen LogP contribution is -2.10. The Morgan fingerprint density at radius 1 is 1.50 bits per heavy atom. The maximum atomic E-state index is 12.3. The average molecular weight is 354 g/mol. The number of imidazole rings is 1. The van der Waals surface area contributed by atoms with Crippen molar-refractivity contribution in [2.24, 2.45) is 0 Å². The van der Waals surface area contributed by atoms with Gasteiger partial charge in [-0.05, 0) is 12.5 Å². The molecule has 0 bridgehead atoms. The predicted octanol–water partition coefficient (Wildman–Crippen LogP) is 1.78. The first-order valence-corrected chi connectivity index (χ1v) is 7.96. The quantitative estimate of drug-likeness (QED) is 0.552. The molecule has 0 saturated carbocycles. The molecule has 1 unspecified atom stereocenters. The van der Waals surface area contributed by atoms with E-state index < -0.39 is 19.3 Å². The van der Waals surface area contributed by atoms with Gasteiger partial charge in [0, 0.05) is 6.54 Å². The molecule has 0 aromatic carbocycles. The van der Waals surface area contributed by atoms with E-state index in [0.29, 0.717) is 0 Å². The number of rotatable bonds is 5. The van der Waals surface area contributed by atoms with E-state index in [2.05, 4.69) is 15.0 Å². The zero-order chi connectivity index (χ0) is 16.5. The molecule has 120 valence electrons. The molecule has 0 saturated heterocycles. The van der Waals surface area contributed by atoms with E-state index in [1.54, 1.807) is 0 Å². The third-order valence-electron chi connectivity index (χ3n) is 2.85. The van der Waals surface area contributed by atoms with Gasteiger partial charge >= 0.3 is 7.60 Å². The molecule has 8 nitrogen and oxygen atoms in total. The molecule has 0 radical (unpaired) electrons. The van der Waals surface area contributed by atoms with Gasteiger partial charge in [-0.15, -0.1) is 0 Å². The van der Waals surface area contributed by atoms with Gasteiger partial charge in [0.1, 0.15) is 5.52 Å². The van der Waals surface area contributed by atoms with Crippen molar-refractivity contribution in [2.75, 3.05) is 5.73 Å². The summed E-state index contributed by atoms with van der Waals surface area (Å²) in [4.78, 5) is 29.8. The summed E-state index contributed by atoms with van der Waals surface area (Å²) < 4.78 is 37.2. The molecule has 1 atom stereocenters. The predicted molar refractivity (Wildman–Crippen MR) is 75.5 cm³/mol. The van der Waals surface area contributed by atoms with Crippen LogP contribution in [0.3, 0.4) is 0 Å². The van der Waals surface area contributed by atoms with Crippen LogP contribution in [0.15, 0.2) is 18.5 Å². The van der Waals surface area contributed by atoms with Crippen molar-refractivity contribution in [2.45, 2.75) is 18.6 Å². The molecule has 0 aliphatic heterocycles. The van der Waals surface area contributed by atoms with Crippen LogP contribution in [0, 0.1) is 0 Å². The summed E-state index contributed by atoms with van der Waals surface area (Å²) >= 11 is 5.84. The monoisotopic (exact) mass is 353 g/mol. The molecule has 2 heterocycles. The second-order valence-electron chi connectivity index (χ2n) is 4.38. The Morgan fingerprint density at radius 3 is 2.77 bits per heavy atom. The minimum atomic E-state index is -4.70. The van der Waals surface area contributed by atoms with Crippen molar-refractivity contribution in [3.63, 3.8) is 0 Å². The van der Waals surface area contributed by atoms with Crippen molar-refractivity contribution >= 4 is 36.3 Å². The summed E-state index contributed by atoms with van der Waals surface area (Å²) in [7, 11) is -4.70. The van der Waals surface area contributed by atoms with E-state index >= 15 is 0 Å². The van der Waals surface area contributed by atoms with Gasteiger partial charge in [-0.1, -0.05) is 11.6 Å². The van der Waals surface area contributed by atoms with Crippen LogP contribution in [-0.4, -0.2) is 35.0 Å². The number of nitrogens with two attached hydrogens (primary N) is 1. The van der Waals surface area contributed by atoms with Crippen LogP contribution in [0.5, 0.6) is 0 Å². The number of halogens is 3. The Morgan fingerprint density at radius 2 is 2.18 bits per heavy atom. The normalized spacial score (nSPS) is 13.3. The highest BCUT2D eigenvalue weighted by atomic mass is 35.5. The number of fused-ring (bicyclic) bond motifs is 1. The van der Waals surface area contributed by atoms with E-state index in [4.69, 9.17) is 27.1 Å². The lowest BCUT2D eigenvalue weighted by Gasteiger charge is -2.14. The highest BCUT2D eigenvalue weighted by Gasteiger charge is 2.28. The van der Waals surface area contributed by atoms with Crippen LogP contribution in [-0.2, 0) is 11.1 Å². The van der Waals surface area contributed by atoms with E-state index in [1.165, 1.54) is 10.9 Å². The molecule has 0 fully saturated rings. The fraction of sp³-hybridized carbons (Fsp3) is 0.300. The van der Waals surface area contributed by atoms with Crippen molar-refractivity contribution in [1.29, 1.82) is 0 Å². The standard InChI is InChI=1S/C10H11ClF2N5O3P/c11-8-7-9(17-10(14)16-8)18(4-15-7)2-1-5(3-6(12)13)22(19,20)21/h3-5H,1-2H2,(H2,14,16,17)(H2,19,20,21). The fourth-order valence-corrected chi connectivity index (χ4v) is 2.83. The maximum absolute atomic E-state index is 12.3. The first kappa shape index (κ1) is 16.8. The summed E-state index contributed by atoms with van der Waals surface area (Å²) in [6.07, 6.45) is -0.833. The Balaban J connectivity index is 2.27. The maximum Gasteiger partial charge on any atom is 0.332 e. The number of aromatic nitrogens is 4. The Kier molecular flexibility index (Phi) is 4.76. The fourth-order valence-electron chi connectivity index (χ4n) is 1.85. The van der Waals surface area contributed by atoms with Crippen LogP contribution in [0.4, 0.5) is 14.7 Å². The summed E-state index contributed by atoms with van der Waals surface area (Å²) in [6, 6.07) is 0. The second-order valence-corrected chi connectivity index (χ2v) is 6.58. The van der Waals surface area contributed by atoms with Crippen molar-refractivity contribution in [1.82, 2.24) is 19.5 Å². The van der Waals surface area contributed by atoms with Gasteiger partial charge in [-0.25, -0.2) is 4.98 Å². The van der Waals surface area contributed by atoms with E-state index in [1.807, 2.05) is 0 Å². The molecule has 0 aliphatic carbocycles. The van der Waals surface area contributed by atoms with Gasteiger partial charge in [-0.2, -0.15) is 18.7 Å². The van der Waals surface area contributed by atoms with Crippen LogP contribution in [0.1, 0.15) is 6.42 Å². The summed E-state index contributed by atoms with van der Waals surface area (Å²) in [5, 5.41) is 0.0301. The molecule has 2 rings (SSSR count). The highest BCUT2D eigenvalue weighted by molar-refractivity contribution is 7.52. The zero-order valence-corrected chi connectivity index (χ0v) is 12.5. The molecule has 22 heavy (non-hydrogen) atoms. The lowest BCUT2D eigenvalue weighted by molar-refractivity contribution is 0.355. The van der Waals surface area contributed by atoms with Gasteiger partial charge in [0.05, 0.1) is 12.0 Å². The molecule has 0 spiro atoms. The van der Waals surface area contributed by atoms with Crippen molar-refractivity contribution < 1.29 is 23.1 Å². The second kappa shape index (κ2) is 6.25. The van der Waals surface area contributed by atoms with Gasteiger partial charge < -0.3 is 20.1 Å². The largest absolute Gasteiger partial charge is 0.368 e. The van der Waals surface area contributed by atoms with E-state index in [9.17, 15) is 13.3 Å². The summed E-state index contributed by atoms with van der Waals surface area (Å²) in [5.41, 5.74) is 4.37. The number of hydrogen-bond donors (Lipinski definition) is 3. The topological polar surface area (TPSA) is 127 Å². The third-order valence-corrected chi connectivity index (χ3v) is 4.39. The van der Waals surface area contributed by atoms with Crippen LogP contribution in [0.25, 0.3) is 11.2 Å². The van der Waals surface area contributed by atoms with Gasteiger partial charge in [0.15, 0.2) is 10.8 Å². The summed E-state index contributed by atoms with van der Waals surface area (Å²) in [5.74, 6) is -0.0968. The number of aryl methyl sites for hydroxylation is 1. The number of nitrogen functional groups attached to an aromatic ring is 1. The minimum absolute atomic E-state index is 0.0111. The number of allylic oxidation sites excluding steroid dienone is 1. The average Bonchev–Trinajstić information content (AvgIpc) is 2.76. The Labute approximate surface area is 127 Å². The lowest BCUT2D eigenvalue weighted by atomic mass is 10.3. The summed E-state index contributed by atoms with van der Waals surface area (Å²) in [6.45, 7) is -0.0111. The van der Waals surface area contributed by atoms with Gasteiger partial charge in [0.25, 0.3) is 6.08 Å². The van der Waals surface area contributed by atoms with Crippen molar-refractivity contribution in [3.05, 3.63) is 23.6 Å². The molecule has 2 aromatic heterocycles. The number of nitrogens with zero attached hydrogens (tertiary/aromatic N) is 4. The molecular weight excluding hydrogens is 343 g/mol. The smallest absolute Gasteiger partial charge is 0.332 e. The van der Waals surface area contributed by atoms with Gasteiger partial charge in [0.2, 0.25) is 5.95 Å². The van der Waals surface area contributed by atoms with E-state index in [-0.39, 0.29) is 41.3 Å². The first-order chi connectivity index (χ1) is 10.2. The van der Waals surface area contributed by atoms with Crippen molar-refractivity contribution in [3.8, 4) is 0 Å². The number of anilines is 1. The van der Waals surface area contributed by atoms with Crippen LogP contribution >= 0.6 is 19.2 Å². The molecule has 2 aromatic rings. The van der Waals surface area contributed by atoms with E-state index in [0.717, 1.165) is 0 Å². The highest BCUT2D eigenvalue weighted by Crippen LogP contribution is 2.44. The molecule has 4 N–H and O–H groups in total. The third kappa shape index (κ3) is 3.77. The zero-order valence-electron chi connectivity index (χ0n) is 10.9. The Hall–Kier alpha value is -1.61. The van der Waals surface area contributed by atoms with Crippen LogP contribution in [0.2, 0.25) is 5.15 Å². The first-order valence-electron chi connectivity index (χ1n) is 5.90. The molecule has 0 amide bonds. The van der Waals surface area contributed by atoms with Gasteiger partial charge in [-0.3, -0.25) is 4.57 Å². The van der Waals surface area contributed by atoms with Crippen LogP contribution < -0.4 is 5.73 Å². The SMILES string of the molecule is Nc1nc(Cl)c2ncn(CCC(C=C(F)F)P(=O)(O)O)c2n1. The Bertz CT molecular complexity index is 773. The molecule has 12 heteroatoms.